The number of alkyl halides is 3. The smallest absolute Gasteiger partial charge is 0.416 e. The van der Waals surface area contributed by atoms with Crippen LogP contribution in [0.15, 0.2) is 54.9 Å². The third-order valence-corrected chi connectivity index (χ3v) is 5.75. The molecule has 1 aromatic carbocycles. The number of nitrogens with zero attached hydrogens (tertiary/aromatic N) is 5. The van der Waals surface area contributed by atoms with E-state index in [9.17, 15) is 22.8 Å². The lowest BCUT2D eigenvalue weighted by Gasteiger charge is -2.34. The topological polar surface area (TPSA) is 80.6 Å². The molecule has 1 atom stereocenters. The molecule has 5 rings (SSSR count). The minimum atomic E-state index is -4.45. The van der Waals surface area contributed by atoms with Crippen LogP contribution < -0.4 is 0 Å². The zero-order valence-corrected chi connectivity index (χ0v) is 17.2. The summed E-state index contributed by atoms with van der Waals surface area (Å²) in [6.45, 7) is 1.25. The van der Waals surface area contributed by atoms with Crippen molar-refractivity contribution in [1.82, 2.24) is 24.6 Å². The van der Waals surface area contributed by atoms with Gasteiger partial charge in [0.1, 0.15) is 6.61 Å². The second-order valence-electron chi connectivity index (χ2n) is 7.78. The predicted molar refractivity (Wildman–Crippen MR) is 110 cm³/mol. The summed E-state index contributed by atoms with van der Waals surface area (Å²) >= 11 is 0. The Morgan fingerprint density at radius 3 is 2.48 bits per heavy atom. The molecule has 2 saturated heterocycles. The summed E-state index contributed by atoms with van der Waals surface area (Å²) in [6, 6.07) is 9.45. The maximum Gasteiger partial charge on any atom is 0.416 e. The van der Waals surface area contributed by atoms with Crippen molar-refractivity contribution in [3.8, 4) is 16.9 Å². The monoisotopic (exact) mass is 457 g/mol. The molecule has 0 saturated carbocycles. The van der Waals surface area contributed by atoms with Gasteiger partial charge in [-0.1, -0.05) is 0 Å². The Morgan fingerprint density at radius 1 is 1.06 bits per heavy atom. The van der Waals surface area contributed by atoms with Crippen LogP contribution in [-0.2, 0) is 10.9 Å². The Bertz CT molecular complexity index is 1190. The highest BCUT2D eigenvalue weighted by molar-refractivity contribution is 5.94. The maximum atomic E-state index is 13.2. The Labute approximate surface area is 186 Å². The summed E-state index contributed by atoms with van der Waals surface area (Å²) in [6.07, 6.45) is -1.67. The van der Waals surface area contributed by atoms with Gasteiger partial charge in [0.05, 0.1) is 23.0 Å². The number of rotatable bonds is 3. The minimum absolute atomic E-state index is 0.153. The molecule has 0 spiro atoms. The molecule has 33 heavy (non-hydrogen) atoms. The van der Waals surface area contributed by atoms with Crippen LogP contribution in [0.2, 0.25) is 0 Å². The summed E-state index contributed by atoms with van der Waals surface area (Å²) in [4.78, 5) is 32.1. The second kappa shape index (κ2) is 7.91. The molecule has 2 amide bonds. The molecule has 0 aliphatic carbocycles. The summed E-state index contributed by atoms with van der Waals surface area (Å²) in [5, 5.41) is 4.44. The zero-order chi connectivity index (χ0) is 23.2. The fourth-order valence-electron chi connectivity index (χ4n) is 4.04. The molecule has 4 heterocycles. The van der Waals surface area contributed by atoms with Crippen molar-refractivity contribution in [3.05, 3.63) is 66.1 Å². The van der Waals surface area contributed by atoms with Gasteiger partial charge in [-0.2, -0.15) is 18.3 Å². The number of benzene rings is 1. The quantitative estimate of drug-likeness (QED) is 0.603. The number of cyclic esters (lactones) is 1. The van der Waals surface area contributed by atoms with Crippen LogP contribution in [0.4, 0.5) is 18.0 Å². The summed E-state index contributed by atoms with van der Waals surface area (Å²) in [5.41, 5.74) is 1.01. The van der Waals surface area contributed by atoms with Crippen LogP contribution in [0.5, 0.6) is 0 Å². The molecule has 3 aromatic rings. The van der Waals surface area contributed by atoms with Crippen LogP contribution in [0, 0.1) is 0 Å². The Morgan fingerprint density at radius 2 is 1.79 bits per heavy atom. The van der Waals surface area contributed by atoms with Crippen molar-refractivity contribution in [3.63, 3.8) is 0 Å². The minimum Gasteiger partial charge on any atom is -0.447 e. The van der Waals surface area contributed by atoms with E-state index in [1.54, 1.807) is 40.4 Å². The van der Waals surface area contributed by atoms with Crippen molar-refractivity contribution in [2.45, 2.75) is 12.2 Å². The van der Waals surface area contributed by atoms with Gasteiger partial charge in [0.25, 0.3) is 5.91 Å². The lowest BCUT2D eigenvalue weighted by atomic mass is 10.1. The molecule has 0 bridgehead atoms. The highest BCUT2D eigenvalue weighted by Gasteiger charge is 2.39. The van der Waals surface area contributed by atoms with E-state index in [0.717, 1.165) is 12.1 Å². The number of aromatic nitrogens is 3. The van der Waals surface area contributed by atoms with Crippen LogP contribution >= 0.6 is 0 Å². The lowest BCUT2D eigenvalue weighted by molar-refractivity contribution is -0.137. The molecule has 2 aliphatic rings. The Balaban J connectivity index is 1.49. The van der Waals surface area contributed by atoms with Gasteiger partial charge < -0.3 is 9.64 Å². The molecule has 170 valence electrons. The number of fused-ring (bicyclic) bond motifs is 1. The van der Waals surface area contributed by atoms with Gasteiger partial charge >= 0.3 is 12.3 Å². The average Bonchev–Trinajstić information content (AvgIpc) is 3.43. The van der Waals surface area contributed by atoms with Crippen molar-refractivity contribution < 1.29 is 27.5 Å². The number of pyridine rings is 1. The largest absolute Gasteiger partial charge is 0.447 e. The van der Waals surface area contributed by atoms with Gasteiger partial charge in [-0.3, -0.25) is 14.7 Å². The fourth-order valence-corrected chi connectivity index (χ4v) is 4.04. The maximum absolute atomic E-state index is 13.2. The third kappa shape index (κ3) is 3.90. The molecular weight excluding hydrogens is 439 g/mol. The molecule has 2 aromatic heterocycles. The van der Waals surface area contributed by atoms with Crippen molar-refractivity contribution >= 4 is 12.0 Å². The molecule has 2 fully saturated rings. The van der Waals surface area contributed by atoms with E-state index >= 15 is 0 Å². The van der Waals surface area contributed by atoms with E-state index < -0.39 is 11.7 Å². The fraction of sp³-hybridized carbons (Fsp3) is 0.273. The van der Waals surface area contributed by atoms with Crippen LogP contribution in [0.3, 0.4) is 0 Å². The van der Waals surface area contributed by atoms with Gasteiger partial charge in [-0.15, -0.1) is 0 Å². The number of amides is 2. The van der Waals surface area contributed by atoms with Crippen molar-refractivity contribution in [2.75, 3.05) is 26.2 Å². The zero-order valence-electron chi connectivity index (χ0n) is 17.2. The van der Waals surface area contributed by atoms with Gasteiger partial charge in [0, 0.05) is 37.6 Å². The SMILES string of the molecule is O=C(c1cc(-c2ccncc2)n(-c2ccc(C(F)(F)F)cc2)n1)N1CCN2C(=O)OCC2C1. The first kappa shape index (κ1) is 21.0. The summed E-state index contributed by atoms with van der Waals surface area (Å²) < 4.78 is 45.5. The first-order valence-electron chi connectivity index (χ1n) is 10.2. The number of hydrogen-bond acceptors (Lipinski definition) is 5. The number of piperazine rings is 1. The molecule has 0 N–H and O–H groups in total. The Kier molecular flexibility index (Phi) is 5.03. The number of carbonyl (C=O) groups is 2. The number of halogens is 3. The van der Waals surface area contributed by atoms with Crippen LogP contribution in [0.1, 0.15) is 16.1 Å². The average molecular weight is 457 g/mol. The molecule has 0 radical (unpaired) electrons. The van der Waals surface area contributed by atoms with Crippen LogP contribution in [0.25, 0.3) is 16.9 Å². The molecule has 11 heteroatoms. The van der Waals surface area contributed by atoms with Crippen LogP contribution in [-0.4, -0.2) is 68.8 Å². The van der Waals surface area contributed by atoms with E-state index in [1.165, 1.54) is 16.8 Å². The van der Waals surface area contributed by atoms with Gasteiger partial charge in [0.15, 0.2) is 5.69 Å². The molecule has 2 aliphatic heterocycles. The molecule has 8 nitrogen and oxygen atoms in total. The second-order valence-corrected chi connectivity index (χ2v) is 7.78. The number of ether oxygens (including phenoxy) is 1. The number of carbonyl (C=O) groups excluding carboxylic acids is 2. The van der Waals surface area contributed by atoms with E-state index in [2.05, 4.69) is 10.1 Å². The normalized spacial score (nSPS) is 18.3. The summed E-state index contributed by atoms with van der Waals surface area (Å²) in [7, 11) is 0. The first-order valence-corrected chi connectivity index (χ1v) is 10.2. The van der Waals surface area contributed by atoms with Gasteiger partial charge in [0.2, 0.25) is 0 Å². The van der Waals surface area contributed by atoms with E-state index in [0.29, 0.717) is 36.6 Å². The highest BCUT2D eigenvalue weighted by Crippen LogP contribution is 2.31. The molecule has 1 unspecified atom stereocenters. The predicted octanol–water partition coefficient (Wildman–Crippen LogP) is 3.23. The van der Waals surface area contributed by atoms with Gasteiger partial charge in [-0.25, -0.2) is 9.48 Å². The first-order chi connectivity index (χ1) is 15.8. The van der Waals surface area contributed by atoms with Crippen molar-refractivity contribution in [1.29, 1.82) is 0 Å². The third-order valence-electron chi connectivity index (χ3n) is 5.75. The van der Waals surface area contributed by atoms with Crippen molar-refractivity contribution in [2.24, 2.45) is 0 Å². The highest BCUT2D eigenvalue weighted by atomic mass is 19.4. The summed E-state index contributed by atoms with van der Waals surface area (Å²) in [5.74, 6) is -0.324. The lowest BCUT2D eigenvalue weighted by Crippen LogP contribution is -2.53. The standard InChI is InChI=1S/C22H18F3N5O3/c23-22(24,25)15-1-3-16(4-2-15)30-19(14-5-7-26-8-6-14)11-18(27-30)20(31)28-9-10-29-17(12-28)13-33-21(29)32/h1-8,11,17H,9-10,12-13H2. The Hall–Kier alpha value is -3.89. The molecular formula is C22H18F3N5O3. The van der Waals surface area contributed by atoms with E-state index in [-0.39, 0.29) is 30.3 Å². The van der Waals surface area contributed by atoms with Gasteiger partial charge in [-0.05, 0) is 42.5 Å². The number of hydrogen-bond donors (Lipinski definition) is 0. The van der Waals surface area contributed by atoms with E-state index in [4.69, 9.17) is 4.74 Å². The van der Waals surface area contributed by atoms with E-state index in [1.807, 2.05) is 0 Å².